The summed E-state index contributed by atoms with van der Waals surface area (Å²) in [6.07, 6.45) is 3.55. The zero-order chi connectivity index (χ0) is 26.8. The molecule has 192 valence electrons. The number of aromatic nitrogens is 1. The van der Waals surface area contributed by atoms with Crippen LogP contribution in [0.2, 0.25) is 0 Å². The Hall–Kier alpha value is -4.63. The van der Waals surface area contributed by atoms with E-state index in [1.807, 2.05) is 48.7 Å². The highest BCUT2D eigenvalue weighted by Crippen LogP contribution is 2.41. The van der Waals surface area contributed by atoms with Crippen LogP contribution in [0.15, 0.2) is 78.5 Å². The van der Waals surface area contributed by atoms with Crippen LogP contribution in [0.4, 0.5) is 5.69 Å². The lowest BCUT2D eigenvalue weighted by molar-refractivity contribution is -0.122. The van der Waals surface area contributed by atoms with E-state index in [0.717, 1.165) is 22.0 Å². The van der Waals surface area contributed by atoms with Crippen LogP contribution < -0.4 is 24.4 Å². The van der Waals surface area contributed by atoms with E-state index < -0.39 is 11.8 Å². The lowest BCUT2D eigenvalue weighted by Crippen LogP contribution is -2.54. The van der Waals surface area contributed by atoms with E-state index in [2.05, 4.69) is 22.0 Å². The molecule has 0 saturated carbocycles. The van der Waals surface area contributed by atoms with E-state index >= 15 is 0 Å². The van der Waals surface area contributed by atoms with Crippen molar-refractivity contribution < 1.29 is 23.8 Å². The van der Waals surface area contributed by atoms with E-state index in [9.17, 15) is 9.59 Å². The van der Waals surface area contributed by atoms with Gasteiger partial charge in [0, 0.05) is 41.3 Å². The molecule has 0 bridgehead atoms. The normalized spacial score (nSPS) is 14.7. The first-order valence-corrected chi connectivity index (χ1v) is 12.2. The Morgan fingerprint density at radius 1 is 0.895 bits per heavy atom. The lowest BCUT2D eigenvalue weighted by atomic mass is 10.1. The molecule has 1 aliphatic rings. The van der Waals surface area contributed by atoms with Crippen molar-refractivity contribution in [3.8, 4) is 17.2 Å². The van der Waals surface area contributed by atoms with Crippen LogP contribution in [0.1, 0.15) is 11.1 Å². The van der Waals surface area contributed by atoms with Crippen molar-refractivity contribution in [2.45, 2.75) is 6.54 Å². The van der Waals surface area contributed by atoms with E-state index in [-0.39, 0.29) is 10.7 Å². The van der Waals surface area contributed by atoms with Crippen LogP contribution >= 0.6 is 12.2 Å². The van der Waals surface area contributed by atoms with Gasteiger partial charge in [-0.1, -0.05) is 48.5 Å². The predicted molar refractivity (Wildman–Crippen MR) is 150 cm³/mol. The summed E-state index contributed by atoms with van der Waals surface area (Å²) in [4.78, 5) is 28.0. The van der Waals surface area contributed by atoms with Crippen LogP contribution in [0, 0.1) is 0 Å². The molecule has 0 aliphatic carbocycles. The average molecular weight is 528 g/mol. The second-order valence-electron chi connectivity index (χ2n) is 8.56. The molecule has 2 amide bonds. The van der Waals surface area contributed by atoms with E-state index in [1.165, 1.54) is 26.2 Å². The zero-order valence-electron chi connectivity index (χ0n) is 21.1. The van der Waals surface area contributed by atoms with Crippen LogP contribution in [0.3, 0.4) is 0 Å². The van der Waals surface area contributed by atoms with Gasteiger partial charge in [-0.05, 0) is 29.9 Å². The number of rotatable bonds is 7. The molecule has 1 saturated heterocycles. The SMILES string of the molecule is COc1cc(N2C(=O)/C(=C/c3cn(Cc4ccccc4)c4ccccc34)C(=O)NC2=S)cc(OC)c1OC. The molecule has 9 heteroatoms. The summed E-state index contributed by atoms with van der Waals surface area (Å²) in [7, 11) is 4.46. The van der Waals surface area contributed by atoms with Crippen LogP contribution in [0.25, 0.3) is 17.0 Å². The summed E-state index contributed by atoms with van der Waals surface area (Å²) in [6.45, 7) is 0.645. The molecule has 0 spiro atoms. The summed E-state index contributed by atoms with van der Waals surface area (Å²) in [5.41, 5.74) is 3.19. The Morgan fingerprint density at radius 2 is 1.55 bits per heavy atom. The van der Waals surface area contributed by atoms with Gasteiger partial charge in [0.1, 0.15) is 5.57 Å². The van der Waals surface area contributed by atoms with Crippen LogP contribution in [-0.4, -0.2) is 42.8 Å². The molecule has 1 N–H and O–H groups in total. The lowest BCUT2D eigenvalue weighted by Gasteiger charge is -2.29. The monoisotopic (exact) mass is 527 g/mol. The summed E-state index contributed by atoms with van der Waals surface area (Å²) in [5, 5.41) is 3.51. The molecule has 3 aromatic carbocycles. The minimum atomic E-state index is -0.566. The third-order valence-electron chi connectivity index (χ3n) is 6.32. The number of nitrogens with zero attached hydrogens (tertiary/aromatic N) is 2. The third-order valence-corrected chi connectivity index (χ3v) is 6.61. The Kier molecular flexibility index (Phi) is 6.85. The number of hydrogen-bond donors (Lipinski definition) is 1. The highest BCUT2D eigenvalue weighted by atomic mass is 32.1. The number of carbonyl (C=O) groups is 2. The topological polar surface area (TPSA) is 82.0 Å². The average Bonchev–Trinajstić information content (AvgIpc) is 3.27. The van der Waals surface area contributed by atoms with Gasteiger partial charge in [-0.15, -0.1) is 0 Å². The highest BCUT2D eigenvalue weighted by molar-refractivity contribution is 7.80. The molecule has 8 nitrogen and oxygen atoms in total. The fourth-order valence-corrected chi connectivity index (χ4v) is 4.83. The number of benzene rings is 3. The first kappa shape index (κ1) is 25.0. The minimum Gasteiger partial charge on any atom is -0.493 e. The van der Waals surface area contributed by atoms with Gasteiger partial charge in [0.25, 0.3) is 11.8 Å². The zero-order valence-corrected chi connectivity index (χ0v) is 21.9. The van der Waals surface area contributed by atoms with Gasteiger partial charge in [0.15, 0.2) is 16.6 Å². The molecule has 5 rings (SSSR count). The van der Waals surface area contributed by atoms with Crippen molar-refractivity contribution in [2.75, 3.05) is 26.2 Å². The molecule has 1 aliphatic heterocycles. The first-order valence-electron chi connectivity index (χ1n) is 11.8. The first-order chi connectivity index (χ1) is 18.4. The molecule has 2 heterocycles. The Bertz CT molecular complexity index is 1570. The van der Waals surface area contributed by atoms with E-state index in [1.54, 1.807) is 18.2 Å². The highest BCUT2D eigenvalue weighted by Gasteiger charge is 2.35. The maximum absolute atomic E-state index is 13.7. The summed E-state index contributed by atoms with van der Waals surface area (Å²) in [5.74, 6) is -0.0515. The number of para-hydroxylation sites is 1. The largest absolute Gasteiger partial charge is 0.493 e. The maximum atomic E-state index is 13.7. The Morgan fingerprint density at radius 3 is 2.21 bits per heavy atom. The minimum absolute atomic E-state index is 0.0436. The number of fused-ring (bicyclic) bond motifs is 1. The van der Waals surface area contributed by atoms with Gasteiger partial charge in [0.2, 0.25) is 5.75 Å². The van der Waals surface area contributed by atoms with Crippen molar-refractivity contribution >= 4 is 51.8 Å². The second-order valence-corrected chi connectivity index (χ2v) is 8.94. The molecule has 1 aromatic heterocycles. The van der Waals surface area contributed by atoms with Gasteiger partial charge in [-0.2, -0.15) is 0 Å². The standard InChI is InChI=1S/C29H25N3O5S/c1-35-24-14-20(15-25(36-2)26(24)37-3)32-28(34)22(27(33)30-29(32)38)13-19-17-31(16-18-9-5-4-6-10-18)23-12-8-7-11-21(19)23/h4-15,17H,16H2,1-3H3,(H,30,33,38)/b22-13+. The summed E-state index contributed by atoms with van der Waals surface area (Å²) >= 11 is 5.38. The Labute approximate surface area is 225 Å². The summed E-state index contributed by atoms with van der Waals surface area (Å²) in [6, 6.07) is 21.2. The van der Waals surface area contributed by atoms with Gasteiger partial charge in [-0.25, -0.2) is 0 Å². The number of anilines is 1. The summed E-state index contributed by atoms with van der Waals surface area (Å²) < 4.78 is 18.4. The molecular weight excluding hydrogens is 502 g/mol. The number of hydrogen-bond acceptors (Lipinski definition) is 6. The fourth-order valence-electron chi connectivity index (χ4n) is 4.54. The second kappa shape index (κ2) is 10.4. The van der Waals surface area contributed by atoms with Crippen molar-refractivity contribution in [2.24, 2.45) is 0 Å². The number of thiocarbonyl (C=S) groups is 1. The maximum Gasteiger partial charge on any atom is 0.270 e. The van der Waals surface area contributed by atoms with Gasteiger partial charge >= 0.3 is 0 Å². The molecular formula is C29H25N3O5S. The molecule has 0 radical (unpaired) electrons. The smallest absolute Gasteiger partial charge is 0.270 e. The number of carbonyl (C=O) groups excluding carboxylic acids is 2. The van der Waals surface area contributed by atoms with Gasteiger partial charge in [0.05, 0.1) is 27.0 Å². The van der Waals surface area contributed by atoms with Crippen molar-refractivity contribution in [3.63, 3.8) is 0 Å². The van der Waals surface area contributed by atoms with E-state index in [4.69, 9.17) is 26.4 Å². The predicted octanol–water partition coefficient (Wildman–Crippen LogP) is 4.55. The van der Waals surface area contributed by atoms with Gasteiger partial charge in [-0.3, -0.25) is 19.8 Å². The number of nitrogens with one attached hydrogen (secondary N) is 1. The molecule has 0 atom stereocenters. The molecule has 1 fully saturated rings. The van der Waals surface area contributed by atoms with Crippen molar-refractivity contribution in [1.29, 1.82) is 0 Å². The molecule has 4 aromatic rings. The van der Waals surface area contributed by atoms with Crippen LogP contribution in [0.5, 0.6) is 17.2 Å². The molecule has 0 unspecified atom stereocenters. The third kappa shape index (κ3) is 4.48. The van der Waals surface area contributed by atoms with Gasteiger partial charge < -0.3 is 18.8 Å². The molecule has 38 heavy (non-hydrogen) atoms. The van der Waals surface area contributed by atoms with E-state index in [0.29, 0.717) is 29.5 Å². The number of ether oxygens (including phenoxy) is 3. The quantitative estimate of drug-likeness (QED) is 0.216. The number of methoxy groups -OCH3 is 3. The van der Waals surface area contributed by atoms with Crippen molar-refractivity contribution in [1.82, 2.24) is 9.88 Å². The Balaban J connectivity index is 1.58. The number of amides is 2. The fraction of sp³-hybridized carbons (Fsp3) is 0.138. The van der Waals surface area contributed by atoms with Crippen molar-refractivity contribution in [3.05, 3.63) is 89.6 Å². The van der Waals surface area contributed by atoms with Crippen LogP contribution in [-0.2, 0) is 16.1 Å².